The lowest BCUT2D eigenvalue weighted by atomic mass is 9.72. The molecular weight excluding hydrogens is 368 g/mol. The molecule has 1 aromatic rings. The van der Waals surface area contributed by atoms with Gasteiger partial charge in [0.2, 0.25) is 11.8 Å². The van der Waals surface area contributed by atoms with Crippen LogP contribution in [-0.2, 0) is 20.7 Å². The Balaban J connectivity index is 1.27. The van der Waals surface area contributed by atoms with Crippen molar-refractivity contribution in [2.24, 2.45) is 5.41 Å². The second-order valence-electron chi connectivity index (χ2n) is 8.67. The number of morpholine rings is 1. The molecule has 0 radical (unpaired) electrons. The Morgan fingerprint density at radius 1 is 1.28 bits per heavy atom. The van der Waals surface area contributed by atoms with Crippen molar-refractivity contribution >= 4 is 11.8 Å². The van der Waals surface area contributed by atoms with Gasteiger partial charge in [-0.3, -0.25) is 14.6 Å². The molecule has 1 spiro atoms. The largest absolute Gasteiger partial charge is 0.375 e. The van der Waals surface area contributed by atoms with Crippen molar-refractivity contribution in [3.8, 4) is 0 Å². The summed E-state index contributed by atoms with van der Waals surface area (Å²) in [6, 6.07) is 5.92. The van der Waals surface area contributed by atoms with E-state index in [9.17, 15) is 9.59 Å². The predicted molar refractivity (Wildman–Crippen MR) is 109 cm³/mol. The van der Waals surface area contributed by atoms with Crippen LogP contribution in [0, 0.1) is 5.41 Å². The van der Waals surface area contributed by atoms with E-state index >= 15 is 0 Å². The number of likely N-dealkylation sites (tertiary alicyclic amines) is 2. The number of pyridine rings is 1. The molecule has 4 heterocycles. The molecule has 2 amide bonds. The van der Waals surface area contributed by atoms with E-state index in [0.29, 0.717) is 19.4 Å². The highest BCUT2D eigenvalue weighted by atomic mass is 16.5. The van der Waals surface area contributed by atoms with Crippen molar-refractivity contribution < 1.29 is 14.3 Å². The fourth-order valence-electron chi connectivity index (χ4n) is 4.81. The third-order valence-corrected chi connectivity index (χ3v) is 6.70. The fraction of sp³-hybridized carbons (Fsp3) is 0.682. The van der Waals surface area contributed by atoms with Crippen molar-refractivity contribution in [1.82, 2.24) is 20.1 Å². The first-order valence-electron chi connectivity index (χ1n) is 10.9. The molecule has 4 rings (SSSR count). The number of nitrogens with zero attached hydrogens (tertiary/aromatic N) is 3. The van der Waals surface area contributed by atoms with Crippen LogP contribution in [0.15, 0.2) is 24.4 Å². The molecule has 1 N–H and O–H groups in total. The lowest BCUT2D eigenvalue weighted by Crippen LogP contribution is -2.53. The summed E-state index contributed by atoms with van der Waals surface area (Å²) in [6.07, 6.45) is 6.60. The third-order valence-electron chi connectivity index (χ3n) is 6.70. The number of hydrogen-bond donors (Lipinski definition) is 1. The van der Waals surface area contributed by atoms with Crippen molar-refractivity contribution in [3.63, 3.8) is 0 Å². The summed E-state index contributed by atoms with van der Waals surface area (Å²) in [6.45, 7) is 5.44. The highest BCUT2D eigenvalue weighted by Crippen LogP contribution is 2.40. The molecule has 3 fully saturated rings. The molecule has 158 valence electrons. The van der Waals surface area contributed by atoms with E-state index in [1.165, 1.54) is 0 Å². The van der Waals surface area contributed by atoms with Gasteiger partial charge in [-0.15, -0.1) is 0 Å². The Morgan fingerprint density at radius 2 is 2.14 bits per heavy atom. The summed E-state index contributed by atoms with van der Waals surface area (Å²) in [4.78, 5) is 33.5. The molecule has 29 heavy (non-hydrogen) atoms. The van der Waals surface area contributed by atoms with Gasteiger partial charge in [0, 0.05) is 64.0 Å². The number of aromatic nitrogens is 1. The number of amides is 2. The molecule has 0 aromatic carbocycles. The third kappa shape index (κ3) is 5.14. The Bertz CT molecular complexity index is 697. The average molecular weight is 401 g/mol. The highest BCUT2D eigenvalue weighted by molar-refractivity contribution is 5.78. The molecule has 1 aromatic heterocycles. The molecular formula is C22H32N4O3. The van der Waals surface area contributed by atoms with E-state index in [1.807, 2.05) is 28.0 Å². The van der Waals surface area contributed by atoms with Gasteiger partial charge in [-0.2, -0.15) is 0 Å². The van der Waals surface area contributed by atoms with Crippen LogP contribution in [0.1, 0.15) is 37.8 Å². The van der Waals surface area contributed by atoms with Gasteiger partial charge in [-0.1, -0.05) is 6.07 Å². The van der Waals surface area contributed by atoms with Gasteiger partial charge in [0.05, 0.1) is 19.1 Å². The summed E-state index contributed by atoms with van der Waals surface area (Å²) in [5, 5.41) is 3.28. The van der Waals surface area contributed by atoms with Gasteiger partial charge >= 0.3 is 0 Å². The molecule has 0 aliphatic carbocycles. The molecule has 0 saturated carbocycles. The minimum absolute atomic E-state index is 0.00141. The summed E-state index contributed by atoms with van der Waals surface area (Å²) in [7, 11) is 0. The second-order valence-corrected chi connectivity index (χ2v) is 8.67. The van der Waals surface area contributed by atoms with Crippen LogP contribution < -0.4 is 5.32 Å². The Kier molecular flexibility index (Phi) is 6.45. The fourth-order valence-corrected chi connectivity index (χ4v) is 4.81. The van der Waals surface area contributed by atoms with Crippen LogP contribution in [0.2, 0.25) is 0 Å². The summed E-state index contributed by atoms with van der Waals surface area (Å²) in [5.41, 5.74) is 1.19. The van der Waals surface area contributed by atoms with Crippen LogP contribution in [0.5, 0.6) is 0 Å². The number of carbonyl (C=O) groups is 2. The zero-order valence-electron chi connectivity index (χ0n) is 17.1. The minimum Gasteiger partial charge on any atom is -0.375 e. The van der Waals surface area contributed by atoms with Crippen LogP contribution in [0.4, 0.5) is 0 Å². The van der Waals surface area contributed by atoms with Crippen LogP contribution in [0.3, 0.4) is 0 Å². The predicted octanol–water partition coefficient (Wildman–Crippen LogP) is 1.23. The van der Waals surface area contributed by atoms with E-state index in [0.717, 1.165) is 70.6 Å². The Hall–Kier alpha value is -1.99. The average Bonchev–Trinajstić information content (AvgIpc) is 2.76. The summed E-state index contributed by atoms with van der Waals surface area (Å²) >= 11 is 0. The molecule has 7 nitrogen and oxygen atoms in total. The number of nitrogens with one attached hydrogen (secondary N) is 1. The molecule has 3 saturated heterocycles. The van der Waals surface area contributed by atoms with E-state index in [4.69, 9.17) is 4.74 Å². The van der Waals surface area contributed by atoms with Crippen LogP contribution >= 0.6 is 0 Å². The summed E-state index contributed by atoms with van der Waals surface area (Å²) in [5.74, 6) is 0.458. The number of rotatable bonds is 5. The lowest BCUT2D eigenvalue weighted by molar-refractivity contribution is -0.143. The lowest BCUT2D eigenvalue weighted by Gasteiger charge is -2.47. The standard InChI is InChI=1S/C22H32N4O3/c27-20-4-6-22(17-26(20)11-5-18-3-1-2-9-24-18)7-12-25(13-8-22)21(28)15-19-16-23-10-14-29-19/h1-3,9,19,23H,4-8,10-17H2. The maximum absolute atomic E-state index is 12.7. The maximum atomic E-state index is 12.7. The van der Waals surface area contributed by atoms with E-state index < -0.39 is 0 Å². The quantitative estimate of drug-likeness (QED) is 0.805. The molecule has 1 unspecified atom stereocenters. The van der Waals surface area contributed by atoms with Crippen molar-refractivity contribution in [2.75, 3.05) is 45.9 Å². The first kappa shape index (κ1) is 20.3. The normalized spacial score (nSPS) is 24.7. The van der Waals surface area contributed by atoms with Crippen molar-refractivity contribution in [3.05, 3.63) is 30.1 Å². The van der Waals surface area contributed by atoms with Gasteiger partial charge in [0.25, 0.3) is 0 Å². The van der Waals surface area contributed by atoms with Crippen molar-refractivity contribution in [2.45, 2.75) is 44.6 Å². The first-order valence-corrected chi connectivity index (χ1v) is 10.9. The van der Waals surface area contributed by atoms with E-state index in [-0.39, 0.29) is 23.3 Å². The monoisotopic (exact) mass is 400 g/mol. The second kappa shape index (κ2) is 9.22. The number of hydrogen-bond acceptors (Lipinski definition) is 5. The highest BCUT2D eigenvalue weighted by Gasteiger charge is 2.41. The number of piperidine rings is 2. The summed E-state index contributed by atoms with van der Waals surface area (Å²) < 4.78 is 5.68. The molecule has 1 atom stereocenters. The van der Waals surface area contributed by atoms with Gasteiger partial charge < -0.3 is 19.9 Å². The number of ether oxygens (including phenoxy) is 1. The van der Waals surface area contributed by atoms with E-state index in [2.05, 4.69) is 10.3 Å². The maximum Gasteiger partial charge on any atom is 0.225 e. The first-order chi connectivity index (χ1) is 14.1. The van der Waals surface area contributed by atoms with Crippen LogP contribution in [-0.4, -0.2) is 78.6 Å². The molecule has 3 aliphatic rings. The number of carbonyl (C=O) groups excluding carboxylic acids is 2. The minimum atomic E-state index is 0.00141. The molecule has 3 aliphatic heterocycles. The van der Waals surface area contributed by atoms with E-state index in [1.54, 1.807) is 6.20 Å². The molecule has 7 heteroatoms. The van der Waals surface area contributed by atoms with Crippen molar-refractivity contribution in [1.29, 1.82) is 0 Å². The smallest absolute Gasteiger partial charge is 0.225 e. The zero-order valence-corrected chi connectivity index (χ0v) is 17.1. The zero-order chi connectivity index (χ0) is 20.1. The SMILES string of the molecule is O=C(CC1CNCCO1)N1CCC2(CCC(=O)N(CCc3ccccn3)C2)CC1. The Morgan fingerprint density at radius 3 is 2.86 bits per heavy atom. The van der Waals surface area contributed by atoms with Gasteiger partial charge in [0.15, 0.2) is 0 Å². The molecule has 0 bridgehead atoms. The topological polar surface area (TPSA) is 74.8 Å². The van der Waals surface area contributed by atoms with Gasteiger partial charge in [-0.25, -0.2) is 0 Å². The van der Waals surface area contributed by atoms with Crippen LogP contribution in [0.25, 0.3) is 0 Å². The van der Waals surface area contributed by atoms with Gasteiger partial charge in [-0.05, 0) is 36.8 Å². The van der Waals surface area contributed by atoms with Gasteiger partial charge in [0.1, 0.15) is 0 Å². The Labute approximate surface area is 172 Å².